The highest BCUT2D eigenvalue weighted by Crippen LogP contribution is 2.31. The van der Waals surface area contributed by atoms with Crippen molar-refractivity contribution in [3.63, 3.8) is 0 Å². The first-order chi connectivity index (χ1) is 15.1. The van der Waals surface area contributed by atoms with Crippen molar-refractivity contribution in [2.24, 2.45) is 0 Å². The van der Waals surface area contributed by atoms with Gasteiger partial charge in [0.2, 0.25) is 0 Å². The Morgan fingerprint density at radius 1 is 1.37 bits per heavy atom. The number of ether oxygens (including phenoxy) is 1. The van der Waals surface area contributed by atoms with Gasteiger partial charge < -0.3 is 15.4 Å². The van der Waals surface area contributed by atoms with Crippen molar-refractivity contribution in [2.75, 3.05) is 26.0 Å². The Hall–Kier alpha value is -2.24. The highest BCUT2D eigenvalue weighted by Gasteiger charge is 2.32. The van der Waals surface area contributed by atoms with Crippen molar-refractivity contribution in [3.05, 3.63) is 58.5 Å². The molecule has 1 aliphatic heterocycles. The van der Waals surface area contributed by atoms with E-state index in [1.165, 1.54) is 7.11 Å². The van der Waals surface area contributed by atoms with Crippen LogP contribution in [0.25, 0.3) is 0 Å². The molecule has 144 valence electrons. The molecule has 1 heterocycles. The Morgan fingerprint density at radius 2 is 2.11 bits per heavy atom. The highest BCUT2D eigenvalue weighted by atomic mass is 35.5. The molecule has 1 saturated heterocycles. The second-order valence-electron chi connectivity index (χ2n) is 6.47. The number of amides is 1. The third kappa shape index (κ3) is 4.37. The minimum atomic E-state index is -0.403. The molecule has 0 saturated carbocycles. The van der Waals surface area contributed by atoms with Gasteiger partial charge in [0.1, 0.15) is 5.75 Å². The van der Waals surface area contributed by atoms with Crippen molar-refractivity contribution in [1.82, 2.24) is 10.2 Å². The van der Waals surface area contributed by atoms with E-state index in [0.29, 0.717) is 35.0 Å². The monoisotopic (exact) mass is 392 g/mol. The van der Waals surface area contributed by atoms with Gasteiger partial charge in [0.05, 0.1) is 30.2 Å². The number of methoxy groups -OCH3 is 1. The minimum absolute atomic E-state index is 0.102. The molecule has 1 amide bonds. The molecule has 0 unspecified atom stereocenters. The molecule has 1 fully saturated rings. The number of carbonyl (C=O) groups is 1. The first kappa shape index (κ1) is 13.9. The van der Waals surface area contributed by atoms with Gasteiger partial charge in [0.15, 0.2) is 0 Å². The maximum atomic E-state index is 13.0. The molecule has 0 spiro atoms. The zero-order valence-electron chi connectivity index (χ0n) is 20.6. The lowest BCUT2D eigenvalue weighted by Gasteiger charge is -2.25. The van der Waals surface area contributed by atoms with E-state index in [4.69, 9.17) is 23.2 Å². The van der Waals surface area contributed by atoms with Crippen molar-refractivity contribution < 1.29 is 16.4 Å². The summed E-state index contributed by atoms with van der Waals surface area (Å²) in [4.78, 5) is 15.0. The summed E-state index contributed by atoms with van der Waals surface area (Å²) in [7, 11) is 3.21. The fraction of sp³-hybridized carbons (Fsp3) is 0.381. The molecule has 2 aromatic rings. The lowest BCUT2D eigenvalue weighted by molar-refractivity contribution is 0.0924. The van der Waals surface area contributed by atoms with Gasteiger partial charge in [-0.2, -0.15) is 0 Å². The van der Waals surface area contributed by atoms with Gasteiger partial charge in [-0.15, -0.1) is 0 Å². The second-order valence-corrected chi connectivity index (χ2v) is 6.87. The number of carbonyl (C=O) groups excluding carboxylic acids is 1. The Morgan fingerprint density at radius 3 is 2.78 bits per heavy atom. The first-order valence-corrected chi connectivity index (χ1v) is 9.14. The number of anilines is 1. The summed E-state index contributed by atoms with van der Waals surface area (Å²) in [6.45, 7) is 2.77. The lowest BCUT2D eigenvalue weighted by Crippen LogP contribution is -2.43. The number of hydrogen-bond acceptors (Lipinski definition) is 4. The smallest absolute Gasteiger partial charge is 0.255 e. The molecule has 27 heavy (non-hydrogen) atoms. The molecule has 0 radical (unpaired) electrons. The van der Waals surface area contributed by atoms with E-state index in [-0.39, 0.29) is 54.3 Å². The van der Waals surface area contributed by atoms with Crippen LogP contribution in [0.2, 0.25) is 5.02 Å². The summed E-state index contributed by atoms with van der Waals surface area (Å²) in [6.07, 6.45) is 0.663. The van der Waals surface area contributed by atoms with Crippen molar-refractivity contribution in [1.29, 1.82) is 0 Å². The van der Waals surface area contributed by atoms with Crippen LogP contribution in [0, 0.1) is 0 Å². The van der Waals surface area contributed by atoms with E-state index in [9.17, 15) is 4.79 Å². The molecule has 2 N–H and O–H groups in total. The minimum Gasteiger partial charge on any atom is -0.496 e. The maximum absolute atomic E-state index is 13.0. The predicted molar refractivity (Wildman–Crippen MR) is 110 cm³/mol. The van der Waals surface area contributed by atoms with Gasteiger partial charge in [-0.05, 0) is 25.0 Å². The van der Waals surface area contributed by atoms with E-state index in [1.54, 1.807) is 19.2 Å². The molecular weight excluding hydrogens is 362 g/mol. The van der Waals surface area contributed by atoms with Gasteiger partial charge >= 0.3 is 0 Å². The Labute approximate surface area is 172 Å². The van der Waals surface area contributed by atoms with E-state index in [1.807, 2.05) is 11.8 Å². The third-order valence-electron chi connectivity index (χ3n) is 4.92. The average Bonchev–Trinajstić information content (AvgIpc) is 3.12. The Bertz CT molecular complexity index is 1020. The number of rotatable bonds is 6. The van der Waals surface area contributed by atoms with Crippen molar-refractivity contribution >= 4 is 23.2 Å². The van der Waals surface area contributed by atoms with Crippen LogP contribution in [-0.2, 0) is 6.54 Å². The van der Waals surface area contributed by atoms with Crippen LogP contribution < -0.4 is 15.4 Å². The van der Waals surface area contributed by atoms with Crippen LogP contribution in [0.5, 0.6) is 5.75 Å². The maximum Gasteiger partial charge on any atom is 0.255 e. The number of nitrogens with one attached hydrogen (secondary N) is 2. The number of nitrogens with zero attached hydrogens (tertiary/aromatic N) is 1. The van der Waals surface area contributed by atoms with Gasteiger partial charge in [0.25, 0.3) is 5.91 Å². The largest absolute Gasteiger partial charge is 0.496 e. The topological polar surface area (TPSA) is 53.6 Å². The van der Waals surface area contributed by atoms with E-state index in [2.05, 4.69) is 10.6 Å². The number of benzene rings is 2. The molecule has 0 bridgehead atoms. The molecule has 0 aliphatic carbocycles. The highest BCUT2D eigenvalue weighted by molar-refractivity contribution is 6.33. The van der Waals surface area contributed by atoms with Gasteiger partial charge in [0, 0.05) is 38.3 Å². The third-order valence-corrected chi connectivity index (χ3v) is 5.23. The molecule has 2 atom stereocenters. The summed E-state index contributed by atoms with van der Waals surface area (Å²) in [6, 6.07) is 1.47. The molecule has 3 rings (SSSR count). The lowest BCUT2D eigenvalue weighted by atomic mass is 10.1. The van der Waals surface area contributed by atoms with Crippen LogP contribution in [0.4, 0.5) is 5.69 Å². The Kier molecular flexibility index (Phi) is 4.43. The van der Waals surface area contributed by atoms with E-state index in [0.717, 1.165) is 0 Å². The zero-order chi connectivity index (χ0) is 23.7. The summed E-state index contributed by atoms with van der Waals surface area (Å²) in [5.74, 6) is 0.0887. The summed E-state index contributed by atoms with van der Waals surface area (Å²) >= 11 is 6.24. The molecule has 6 heteroatoms. The zero-order valence-corrected chi connectivity index (χ0v) is 16.3. The fourth-order valence-electron chi connectivity index (χ4n) is 3.32. The molecule has 0 aromatic heterocycles. The summed E-state index contributed by atoms with van der Waals surface area (Å²) in [5, 5.41) is 6.37. The second kappa shape index (κ2) is 8.63. The van der Waals surface area contributed by atoms with Crippen LogP contribution in [-0.4, -0.2) is 43.6 Å². The van der Waals surface area contributed by atoms with Crippen molar-refractivity contribution in [2.45, 2.75) is 32.0 Å². The number of halogens is 1. The van der Waals surface area contributed by atoms with Crippen LogP contribution in [0.15, 0.2) is 42.3 Å². The number of hydrogen-bond donors (Lipinski definition) is 2. The Balaban J connectivity index is 1.77. The summed E-state index contributed by atoms with van der Waals surface area (Å²) in [5.41, 5.74) is 1.23. The van der Waals surface area contributed by atoms with Gasteiger partial charge in [-0.3, -0.25) is 9.69 Å². The van der Waals surface area contributed by atoms with E-state index >= 15 is 0 Å². The van der Waals surface area contributed by atoms with Crippen LogP contribution in [0.1, 0.15) is 36.1 Å². The molecule has 2 aromatic carbocycles. The molecule has 5 nitrogen and oxygen atoms in total. The quantitative estimate of drug-likeness (QED) is 0.785. The predicted octanol–water partition coefficient (Wildman–Crippen LogP) is 3.78. The SMILES string of the molecule is [2H]c1c([2H])c([2H])c(CN2CC[C@@H](NC(=O)c3cc(Cl)c(NC)cc3OC)[C@H]2C)c([2H])c1[2H]. The fourth-order valence-corrected chi connectivity index (χ4v) is 3.57. The van der Waals surface area contributed by atoms with Gasteiger partial charge in [-0.25, -0.2) is 0 Å². The van der Waals surface area contributed by atoms with Crippen LogP contribution >= 0.6 is 11.6 Å². The molecule has 1 aliphatic rings. The van der Waals surface area contributed by atoms with Crippen LogP contribution in [0.3, 0.4) is 0 Å². The number of likely N-dealkylation sites (tertiary alicyclic amines) is 1. The summed E-state index contributed by atoms with van der Waals surface area (Å²) < 4.78 is 45.1. The molecular formula is C21H26ClN3O2. The average molecular weight is 393 g/mol. The normalized spacial score (nSPS) is 22.3. The first-order valence-electron chi connectivity index (χ1n) is 11.3. The van der Waals surface area contributed by atoms with E-state index < -0.39 is 6.04 Å². The standard InChI is InChI=1S/C21H26ClN3O2/c1-14-18(9-10-25(14)13-15-7-5-4-6-8-15)24-21(26)16-11-17(22)19(23-2)12-20(16)27-3/h4-8,11-12,14,18,23H,9-10,13H2,1-3H3,(H,24,26)/t14-,18-/m1/s1/i4D,5D,6D,7D,8D. The van der Waals surface area contributed by atoms with Crippen molar-refractivity contribution in [3.8, 4) is 5.75 Å². The van der Waals surface area contributed by atoms with Gasteiger partial charge in [-0.1, -0.05) is 41.8 Å².